The molecular formula is C11H14FNO3. The lowest BCUT2D eigenvalue weighted by molar-refractivity contribution is -0.145. The van der Waals surface area contributed by atoms with Crippen LogP contribution in [0.5, 0.6) is 5.75 Å². The summed E-state index contributed by atoms with van der Waals surface area (Å²) in [7, 11) is 0. The molecule has 88 valence electrons. The maximum Gasteiger partial charge on any atom is 0.344 e. The van der Waals surface area contributed by atoms with Crippen LogP contribution < -0.4 is 10.5 Å². The number of benzene rings is 1. The second kappa shape index (κ2) is 5.46. The van der Waals surface area contributed by atoms with E-state index in [9.17, 15) is 9.18 Å². The monoisotopic (exact) mass is 227 g/mol. The van der Waals surface area contributed by atoms with Crippen molar-refractivity contribution in [3.05, 3.63) is 29.6 Å². The molecule has 0 heterocycles. The highest BCUT2D eigenvalue weighted by Crippen LogP contribution is 2.21. The number of aliphatic carboxylic acids is 1. The summed E-state index contributed by atoms with van der Waals surface area (Å²) in [6, 6.07) is 3.84. The van der Waals surface area contributed by atoms with E-state index in [1.165, 1.54) is 18.2 Å². The number of carbonyl (C=O) groups is 1. The van der Waals surface area contributed by atoms with Crippen molar-refractivity contribution < 1.29 is 19.0 Å². The average molecular weight is 227 g/mol. The molecule has 1 rings (SSSR count). The first-order chi connectivity index (χ1) is 7.58. The summed E-state index contributed by atoms with van der Waals surface area (Å²) >= 11 is 0. The molecule has 0 bridgehead atoms. The van der Waals surface area contributed by atoms with E-state index >= 15 is 0 Å². The fourth-order valence-electron chi connectivity index (χ4n) is 1.28. The normalized spacial score (nSPS) is 12.2. The molecule has 1 aromatic rings. The molecule has 0 fully saturated rings. The lowest BCUT2D eigenvalue weighted by Crippen LogP contribution is -2.26. The van der Waals surface area contributed by atoms with E-state index in [-0.39, 0.29) is 6.54 Å². The lowest BCUT2D eigenvalue weighted by Gasteiger charge is -2.15. The highest BCUT2D eigenvalue weighted by molar-refractivity contribution is 5.72. The minimum absolute atomic E-state index is 0.100. The first-order valence-corrected chi connectivity index (χ1v) is 4.96. The molecule has 0 amide bonds. The predicted molar refractivity (Wildman–Crippen MR) is 56.6 cm³/mol. The molecular weight excluding hydrogens is 213 g/mol. The van der Waals surface area contributed by atoms with Gasteiger partial charge in [0.1, 0.15) is 11.6 Å². The molecule has 0 aliphatic carbocycles. The van der Waals surface area contributed by atoms with Gasteiger partial charge in [-0.3, -0.25) is 0 Å². The van der Waals surface area contributed by atoms with Crippen molar-refractivity contribution in [3.8, 4) is 5.75 Å². The predicted octanol–water partition coefficient (Wildman–Crippen LogP) is 1.53. The Bertz CT molecular complexity index is 381. The number of halogens is 1. The van der Waals surface area contributed by atoms with Crippen LogP contribution in [0.2, 0.25) is 0 Å². The summed E-state index contributed by atoms with van der Waals surface area (Å²) in [6.45, 7) is 1.80. The van der Waals surface area contributed by atoms with Gasteiger partial charge in [0, 0.05) is 12.1 Å². The molecule has 0 aromatic heterocycles. The van der Waals surface area contributed by atoms with Gasteiger partial charge in [-0.25, -0.2) is 9.18 Å². The first kappa shape index (κ1) is 12.4. The summed E-state index contributed by atoms with van der Waals surface area (Å²) in [4.78, 5) is 10.8. The number of ether oxygens (including phenoxy) is 1. The molecule has 0 radical (unpaired) electrons. The van der Waals surface area contributed by atoms with Gasteiger partial charge >= 0.3 is 5.97 Å². The fraction of sp³-hybridized carbons (Fsp3) is 0.364. The SMILES string of the molecule is CCC(Oc1ccc(F)cc1CN)C(=O)O. The number of nitrogens with two attached hydrogens (primary N) is 1. The Kier molecular flexibility index (Phi) is 4.25. The molecule has 0 aliphatic rings. The number of hydrogen-bond donors (Lipinski definition) is 2. The highest BCUT2D eigenvalue weighted by atomic mass is 19.1. The minimum atomic E-state index is -1.05. The quantitative estimate of drug-likeness (QED) is 0.800. The van der Waals surface area contributed by atoms with Gasteiger partial charge in [-0.1, -0.05) is 6.92 Å². The highest BCUT2D eigenvalue weighted by Gasteiger charge is 2.18. The third-order valence-electron chi connectivity index (χ3n) is 2.16. The zero-order valence-electron chi connectivity index (χ0n) is 8.94. The standard InChI is InChI=1S/C11H14FNO3/c1-2-9(11(14)15)16-10-4-3-8(12)5-7(10)6-13/h3-5,9H,2,6,13H2,1H3,(H,14,15). The largest absolute Gasteiger partial charge is 0.479 e. The number of hydrogen-bond acceptors (Lipinski definition) is 3. The van der Waals surface area contributed by atoms with Gasteiger partial charge in [0.2, 0.25) is 0 Å². The molecule has 4 nitrogen and oxygen atoms in total. The molecule has 0 saturated heterocycles. The Morgan fingerprint density at radius 3 is 2.81 bits per heavy atom. The summed E-state index contributed by atoms with van der Waals surface area (Å²) in [5.74, 6) is -1.15. The van der Waals surface area contributed by atoms with Crippen molar-refractivity contribution in [2.75, 3.05) is 0 Å². The van der Waals surface area contributed by atoms with Crippen molar-refractivity contribution >= 4 is 5.97 Å². The van der Waals surface area contributed by atoms with Gasteiger partial charge in [-0.2, -0.15) is 0 Å². The van der Waals surface area contributed by atoms with E-state index < -0.39 is 17.9 Å². The van der Waals surface area contributed by atoms with Crippen LogP contribution in [-0.2, 0) is 11.3 Å². The van der Waals surface area contributed by atoms with Crippen molar-refractivity contribution in [3.63, 3.8) is 0 Å². The second-order valence-electron chi connectivity index (χ2n) is 3.31. The third kappa shape index (κ3) is 2.93. The molecule has 16 heavy (non-hydrogen) atoms. The van der Waals surface area contributed by atoms with Crippen LogP contribution in [0.4, 0.5) is 4.39 Å². The van der Waals surface area contributed by atoms with Gasteiger partial charge in [0.05, 0.1) is 0 Å². The summed E-state index contributed by atoms with van der Waals surface area (Å²) < 4.78 is 18.1. The van der Waals surface area contributed by atoms with Crippen LogP contribution in [-0.4, -0.2) is 17.2 Å². The van der Waals surface area contributed by atoms with Gasteiger partial charge in [-0.15, -0.1) is 0 Å². The van der Waals surface area contributed by atoms with Crippen LogP contribution in [0, 0.1) is 5.82 Å². The van der Waals surface area contributed by atoms with Crippen LogP contribution in [0.15, 0.2) is 18.2 Å². The van der Waals surface area contributed by atoms with Gasteiger partial charge in [-0.05, 0) is 24.6 Å². The average Bonchev–Trinajstić information content (AvgIpc) is 2.26. The molecule has 1 atom stereocenters. The molecule has 0 aliphatic heterocycles. The lowest BCUT2D eigenvalue weighted by atomic mass is 10.2. The first-order valence-electron chi connectivity index (χ1n) is 4.96. The number of rotatable bonds is 5. The van der Waals surface area contributed by atoms with E-state index in [1.807, 2.05) is 0 Å². The number of carboxylic acid groups (broad SMARTS) is 1. The van der Waals surface area contributed by atoms with Gasteiger partial charge < -0.3 is 15.6 Å². The third-order valence-corrected chi connectivity index (χ3v) is 2.16. The maximum absolute atomic E-state index is 12.9. The summed E-state index contributed by atoms with van der Waals surface area (Å²) in [6.07, 6.45) is -0.604. The Hall–Kier alpha value is -1.62. The molecule has 1 aromatic carbocycles. The number of carboxylic acids is 1. The molecule has 1 unspecified atom stereocenters. The smallest absolute Gasteiger partial charge is 0.344 e. The van der Waals surface area contributed by atoms with Crippen molar-refractivity contribution in [1.82, 2.24) is 0 Å². The Labute approximate surface area is 92.8 Å². The van der Waals surface area contributed by atoms with Crippen molar-refractivity contribution in [1.29, 1.82) is 0 Å². The summed E-state index contributed by atoms with van der Waals surface area (Å²) in [5.41, 5.74) is 5.88. The van der Waals surface area contributed by atoms with E-state index in [2.05, 4.69) is 0 Å². The minimum Gasteiger partial charge on any atom is -0.479 e. The van der Waals surface area contributed by atoms with E-state index in [4.69, 9.17) is 15.6 Å². The fourth-order valence-corrected chi connectivity index (χ4v) is 1.28. The molecule has 0 saturated carbocycles. The van der Waals surface area contributed by atoms with Crippen LogP contribution in [0.3, 0.4) is 0 Å². The zero-order chi connectivity index (χ0) is 12.1. The van der Waals surface area contributed by atoms with Crippen LogP contribution in [0.1, 0.15) is 18.9 Å². The topological polar surface area (TPSA) is 72.5 Å². The van der Waals surface area contributed by atoms with Crippen LogP contribution >= 0.6 is 0 Å². The molecule has 0 spiro atoms. The van der Waals surface area contributed by atoms with Crippen molar-refractivity contribution in [2.45, 2.75) is 26.0 Å². The van der Waals surface area contributed by atoms with E-state index in [0.717, 1.165) is 0 Å². The molecule has 5 heteroatoms. The Morgan fingerprint density at radius 2 is 2.31 bits per heavy atom. The maximum atomic E-state index is 12.9. The van der Waals surface area contributed by atoms with Crippen molar-refractivity contribution in [2.24, 2.45) is 5.73 Å². The van der Waals surface area contributed by atoms with Crippen LogP contribution in [0.25, 0.3) is 0 Å². The zero-order valence-corrected chi connectivity index (χ0v) is 8.94. The van der Waals surface area contributed by atoms with Gasteiger partial charge in [0.15, 0.2) is 6.10 Å². The van der Waals surface area contributed by atoms with Gasteiger partial charge in [0.25, 0.3) is 0 Å². The Morgan fingerprint density at radius 1 is 1.62 bits per heavy atom. The van der Waals surface area contributed by atoms with E-state index in [1.54, 1.807) is 6.92 Å². The second-order valence-corrected chi connectivity index (χ2v) is 3.31. The van der Waals surface area contributed by atoms with E-state index in [0.29, 0.717) is 17.7 Å². The molecule has 3 N–H and O–H groups in total. The summed E-state index contributed by atoms with van der Waals surface area (Å²) in [5, 5.41) is 8.82. The Balaban J connectivity index is 2.91.